The van der Waals surface area contributed by atoms with Gasteiger partial charge in [-0.3, -0.25) is 9.59 Å². The lowest BCUT2D eigenvalue weighted by Crippen LogP contribution is -2.52. The zero-order valence-corrected chi connectivity index (χ0v) is 20.9. The molecule has 5 rings (SSSR count). The first kappa shape index (κ1) is 24.5. The first-order valence-corrected chi connectivity index (χ1v) is 13.0. The van der Waals surface area contributed by atoms with Gasteiger partial charge in [0.05, 0.1) is 5.92 Å². The van der Waals surface area contributed by atoms with Gasteiger partial charge in [0.15, 0.2) is 0 Å². The van der Waals surface area contributed by atoms with Crippen molar-refractivity contribution in [2.75, 3.05) is 26.2 Å². The van der Waals surface area contributed by atoms with E-state index in [0.29, 0.717) is 32.6 Å². The molecule has 4 heteroatoms. The van der Waals surface area contributed by atoms with Crippen LogP contribution in [-0.4, -0.2) is 47.8 Å². The van der Waals surface area contributed by atoms with Crippen LogP contribution < -0.4 is 0 Å². The van der Waals surface area contributed by atoms with Gasteiger partial charge in [0.2, 0.25) is 11.8 Å². The first-order valence-electron chi connectivity index (χ1n) is 13.0. The first-order chi connectivity index (χ1) is 18.2. The van der Waals surface area contributed by atoms with Crippen LogP contribution in [0.3, 0.4) is 0 Å². The summed E-state index contributed by atoms with van der Waals surface area (Å²) in [6.07, 6.45) is 0.415. The van der Waals surface area contributed by atoms with Gasteiger partial charge >= 0.3 is 0 Å². The molecule has 0 radical (unpaired) electrons. The van der Waals surface area contributed by atoms with Crippen molar-refractivity contribution in [3.8, 4) is 0 Å². The number of hydrogen-bond donors (Lipinski definition) is 0. The number of benzene rings is 4. The van der Waals surface area contributed by atoms with Gasteiger partial charge in [-0.1, -0.05) is 121 Å². The van der Waals surface area contributed by atoms with E-state index in [0.717, 1.165) is 22.3 Å². The van der Waals surface area contributed by atoms with E-state index < -0.39 is 0 Å². The second kappa shape index (κ2) is 11.7. The molecular weight excluding hydrogens is 456 g/mol. The van der Waals surface area contributed by atoms with Gasteiger partial charge in [0.25, 0.3) is 0 Å². The van der Waals surface area contributed by atoms with Crippen LogP contribution in [0.4, 0.5) is 0 Å². The third-order valence-electron chi connectivity index (χ3n) is 7.24. The quantitative estimate of drug-likeness (QED) is 0.334. The third kappa shape index (κ3) is 5.80. The molecule has 4 aromatic carbocycles. The molecule has 0 atom stereocenters. The fourth-order valence-corrected chi connectivity index (χ4v) is 5.23. The third-order valence-corrected chi connectivity index (χ3v) is 7.24. The van der Waals surface area contributed by atoms with Crippen LogP contribution in [0.5, 0.6) is 0 Å². The Hall–Kier alpha value is -4.18. The Balaban J connectivity index is 1.27. The van der Waals surface area contributed by atoms with Gasteiger partial charge in [-0.15, -0.1) is 0 Å². The molecule has 1 heterocycles. The van der Waals surface area contributed by atoms with Crippen molar-refractivity contribution in [3.05, 3.63) is 144 Å². The van der Waals surface area contributed by atoms with Crippen molar-refractivity contribution in [1.29, 1.82) is 0 Å². The maximum Gasteiger partial charge on any atom is 0.234 e. The Labute approximate surface area is 219 Å². The predicted molar refractivity (Wildman–Crippen MR) is 147 cm³/mol. The van der Waals surface area contributed by atoms with Crippen molar-refractivity contribution in [2.45, 2.75) is 18.3 Å². The fraction of sp³-hybridized carbons (Fsp3) is 0.212. The molecule has 0 saturated carbocycles. The Bertz CT molecular complexity index is 1210. The van der Waals surface area contributed by atoms with Crippen molar-refractivity contribution < 1.29 is 9.59 Å². The predicted octanol–water partition coefficient (Wildman–Crippen LogP) is 5.71. The molecule has 0 unspecified atom stereocenters. The zero-order valence-electron chi connectivity index (χ0n) is 20.9. The summed E-state index contributed by atoms with van der Waals surface area (Å²) < 4.78 is 0. The summed E-state index contributed by atoms with van der Waals surface area (Å²) in [4.78, 5) is 31.0. The number of amides is 2. The standard InChI is InChI=1S/C33H32N2O2/c36-31(25-30(26-13-5-1-6-14-26)27-15-7-2-8-16-27)34-21-23-35(24-22-34)33(37)32(28-17-9-3-10-18-28)29-19-11-4-12-20-29/h1-20,30,32H,21-25H2. The minimum atomic E-state index is -0.342. The Morgan fingerprint density at radius 2 is 0.865 bits per heavy atom. The van der Waals surface area contributed by atoms with Gasteiger partial charge in [0.1, 0.15) is 0 Å². The van der Waals surface area contributed by atoms with Crippen LogP contribution in [0.25, 0.3) is 0 Å². The zero-order chi connectivity index (χ0) is 25.5. The average molecular weight is 489 g/mol. The van der Waals surface area contributed by atoms with E-state index in [4.69, 9.17) is 0 Å². The van der Waals surface area contributed by atoms with E-state index in [1.807, 2.05) is 107 Å². The van der Waals surface area contributed by atoms with Crippen molar-refractivity contribution in [3.63, 3.8) is 0 Å². The van der Waals surface area contributed by atoms with Crippen molar-refractivity contribution in [2.24, 2.45) is 0 Å². The fourth-order valence-electron chi connectivity index (χ4n) is 5.23. The molecule has 1 aliphatic heterocycles. The van der Waals surface area contributed by atoms with E-state index >= 15 is 0 Å². The highest BCUT2D eigenvalue weighted by Crippen LogP contribution is 2.30. The maximum absolute atomic E-state index is 13.7. The summed E-state index contributed by atoms with van der Waals surface area (Å²) in [5.41, 5.74) is 4.27. The molecular formula is C33H32N2O2. The summed E-state index contributed by atoms with van der Waals surface area (Å²) >= 11 is 0. The van der Waals surface area contributed by atoms with Gasteiger partial charge in [-0.05, 0) is 22.3 Å². The lowest BCUT2D eigenvalue weighted by atomic mass is 9.88. The molecule has 0 bridgehead atoms. The monoisotopic (exact) mass is 488 g/mol. The molecule has 0 N–H and O–H groups in total. The van der Waals surface area contributed by atoms with Crippen molar-refractivity contribution in [1.82, 2.24) is 9.80 Å². The molecule has 1 saturated heterocycles. The number of carbonyl (C=O) groups is 2. The normalized spacial score (nSPS) is 13.7. The van der Waals surface area contributed by atoms with Crippen LogP contribution in [0.15, 0.2) is 121 Å². The topological polar surface area (TPSA) is 40.6 Å². The van der Waals surface area contributed by atoms with E-state index in [2.05, 4.69) is 24.3 Å². The highest BCUT2D eigenvalue weighted by molar-refractivity contribution is 5.87. The van der Waals surface area contributed by atoms with E-state index in [1.165, 1.54) is 0 Å². The van der Waals surface area contributed by atoms with Gasteiger partial charge in [-0.2, -0.15) is 0 Å². The number of hydrogen-bond acceptors (Lipinski definition) is 2. The highest BCUT2D eigenvalue weighted by Gasteiger charge is 2.31. The molecule has 37 heavy (non-hydrogen) atoms. The smallest absolute Gasteiger partial charge is 0.234 e. The SMILES string of the molecule is O=C(CC(c1ccccc1)c1ccccc1)N1CCN(C(=O)C(c2ccccc2)c2ccccc2)CC1. The van der Waals surface area contributed by atoms with E-state index in [9.17, 15) is 9.59 Å². The second-order valence-electron chi connectivity index (χ2n) is 9.54. The number of piperazine rings is 1. The molecule has 4 nitrogen and oxygen atoms in total. The number of carbonyl (C=O) groups excluding carboxylic acids is 2. The second-order valence-corrected chi connectivity index (χ2v) is 9.54. The highest BCUT2D eigenvalue weighted by atomic mass is 16.2. The lowest BCUT2D eigenvalue weighted by molar-refractivity contribution is -0.140. The molecule has 1 aliphatic rings. The van der Waals surface area contributed by atoms with Crippen LogP contribution >= 0.6 is 0 Å². The maximum atomic E-state index is 13.7. The minimum absolute atomic E-state index is 0.00935. The summed E-state index contributed by atoms with van der Waals surface area (Å²) in [5, 5.41) is 0. The Kier molecular flexibility index (Phi) is 7.75. The van der Waals surface area contributed by atoms with Gasteiger partial charge < -0.3 is 9.80 Å². The summed E-state index contributed by atoms with van der Waals surface area (Å²) in [5.74, 6) is -0.108. The molecule has 186 valence electrons. The van der Waals surface area contributed by atoms with Crippen LogP contribution in [0, 0.1) is 0 Å². The summed E-state index contributed by atoms with van der Waals surface area (Å²) in [6, 6.07) is 40.4. The molecule has 2 amide bonds. The van der Waals surface area contributed by atoms with Crippen molar-refractivity contribution >= 4 is 11.8 Å². The average Bonchev–Trinajstić information content (AvgIpc) is 2.98. The molecule has 0 aromatic heterocycles. The Morgan fingerprint density at radius 1 is 0.514 bits per heavy atom. The number of nitrogens with zero attached hydrogens (tertiary/aromatic N) is 2. The van der Waals surface area contributed by atoms with Gasteiger partial charge in [0, 0.05) is 38.5 Å². The molecule has 0 spiro atoms. The van der Waals surface area contributed by atoms with Crippen LogP contribution in [0.2, 0.25) is 0 Å². The largest absolute Gasteiger partial charge is 0.339 e. The molecule has 4 aromatic rings. The van der Waals surface area contributed by atoms with Crippen LogP contribution in [-0.2, 0) is 9.59 Å². The molecule has 0 aliphatic carbocycles. The molecule has 1 fully saturated rings. The number of rotatable bonds is 7. The Morgan fingerprint density at radius 3 is 1.27 bits per heavy atom. The lowest BCUT2D eigenvalue weighted by Gasteiger charge is -2.37. The summed E-state index contributed by atoms with van der Waals surface area (Å²) in [6.45, 7) is 2.19. The van der Waals surface area contributed by atoms with E-state index in [1.54, 1.807) is 0 Å². The minimum Gasteiger partial charge on any atom is -0.339 e. The van der Waals surface area contributed by atoms with Crippen LogP contribution in [0.1, 0.15) is 40.5 Å². The summed E-state index contributed by atoms with van der Waals surface area (Å²) in [7, 11) is 0. The van der Waals surface area contributed by atoms with Gasteiger partial charge in [-0.25, -0.2) is 0 Å². The van der Waals surface area contributed by atoms with E-state index in [-0.39, 0.29) is 23.7 Å².